The molecule has 8 nitrogen and oxygen atoms in total. The summed E-state index contributed by atoms with van der Waals surface area (Å²) in [7, 11) is -1.85. The molecule has 1 heterocycles. The van der Waals surface area contributed by atoms with Crippen molar-refractivity contribution in [3.8, 4) is 0 Å². The number of nitrogens with one attached hydrogen (secondary N) is 3. The maximum absolute atomic E-state index is 11.2. The Morgan fingerprint density at radius 1 is 1.28 bits per heavy atom. The minimum Gasteiger partial charge on any atom is -0.370 e. The molecule has 0 aliphatic rings. The molecule has 0 fully saturated rings. The fourth-order valence-electron chi connectivity index (χ4n) is 1.24. The molecule has 1 rings (SSSR count). The quantitative estimate of drug-likeness (QED) is 0.526. The zero-order valence-corrected chi connectivity index (χ0v) is 11.2. The number of anilines is 3. The van der Waals surface area contributed by atoms with Gasteiger partial charge in [0.2, 0.25) is 16.0 Å². The molecule has 5 N–H and O–H groups in total. The van der Waals surface area contributed by atoms with Crippen LogP contribution in [0.1, 0.15) is 6.92 Å². The van der Waals surface area contributed by atoms with E-state index in [1.165, 1.54) is 7.05 Å². The van der Waals surface area contributed by atoms with Crippen LogP contribution in [0.25, 0.3) is 0 Å². The second-order valence-corrected chi connectivity index (χ2v) is 5.52. The van der Waals surface area contributed by atoms with Crippen molar-refractivity contribution in [3.05, 3.63) is 6.07 Å². The average molecular weight is 274 g/mol. The van der Waals surface area contributed by atoms with Crippen molar-refractivity contribution in [1.82, 2.24) is 14.7 Å². The molecule has 0 bridgehead atoms. The summed E-state index contributed by atoms with van der Waals surface area (Å²) in [4.78, 5) is 7.94. The van der Waals surface area contributed by atoms with Gasteiger partial charge in [-0.1, -0.05) is 0 Å². The number of nitrogens with two attached hydrogens (primary N) is 1. The van der Waals surface area contributed by atoms with Crippen LogP contribution in [0, 0.1) is 0 Å². The molecular formula is C9H18N6O2S. The van der Waals surface area contributed by atoms with E-state index in [4.69, 9.17) is 5.73 Å². The van der Waals surface area contributed by atoms with Crippen molar-refractivity contribution in [2.75, 3.05) is 42.3 Å². The van der Waals surface area contributed by atoms with Crippen molar-refractivity contribution < 1.29 is 8.42 Å². The van der Waals surface area contributed by atoms with E-state index in [1.807, 2.05) is 6.92 Å². The van der Waals surface area contributed by atoms with Gasteiger partial charge in [-0.15, -0.1) is 0 Å². The third-order valence-electron chi connectivity index (χ3n) is 2.09. The minimum absolute atomic E-state index is 0.0378. The van der Waals surface area contributed by atoms with Crippen molar-refractivity contribution >= 4 is 27.6 Å². The average Bonchev–Trinajstić information content (AvgIpc) is 2.28. The highest BCUT2D eigenvalue weighted by Gasteiger charge is 2.07. The standard InChI is InChI=1S/C9H18N6O2S/c1-3-12-7-6-8(15-9(10)14-7)13-4-5-18(16,17)11-2/h6,11H,3-5H2,1-2H3,(H4,10,12,13,14,15). The van der Waals surface area contributed by atoms with E-state index in [9.17, 15) is 8.42 Å². The molecule has 18 heavy (non-hydrogen) atoms. The number of nitrogens with zero attached hydrogens (tertiary/aromatic N) is 2. The van der Waals surface area contributed by atoms with Crippen molar-refractivity contribution in [3.63, 3.8) is 0 Å². The highest BCUT2D eigenvalue weighted by Crippen LogP contribution is 2.11. The van der Waals surface area contributed by atoms with Crippen LogP contribution in [0.5, 0.6) is 0 Å². The van der Waals surface area contributed by atoms with E-state index in [1.54, 1.807) is 6.07 Å². The number of sulfonamides is 1. The normalized spacial score (nSPS) is 11.2. The zero-order chi connectivity index (χ0) is 13.6. The lowest BCUT2D eigenvalue weighted by molar-refractivity contribution is 0.588. The molecule has 0 aliphatic carbocycles. The Bertz CT molecular complexity index is 490. The van der Waals surface area contributed by atoms with E-state index in [2.05, 4.69) is 25.3 Å². The van der Waals surface area contributed by atoms with Gasteiger partial charge in [-0.3, -0.25) is 0 Å². The molecule has 102 valence electrons. The third-order valence-corrected chi connectivity index (χ3v) is 3.45. The molecule has 0 aliphatic heterocycles. The fraction of sp³-hybridized carbons (Fsp3) is 0.556. The predicted octanol–water partition coefficient (Wildman–Crippen LogP) is -0.548. The van der Waals surface area contributed by atoms with Crippen LogP contribution in [0.15, 0.2) is 6.07 Å². The van der Waals surface area contributed by atoms with Crippen molar-refractivity contribution in [2.45, 2.75) is 6.92 Å². The van der Waals surface area contributed by atoms with Gasteiger partial charge in [0.15, 0.2) is 0 Å². The zero-order valence-electron chi connectivity index (χ0n) is 10.4. The molecular weight excluding hydrogens is 256 g/mol. The van der Waals surface area contributed by atoms with E-state index in [-0.39, 0.29) is 18.2 Å². The summed E-state index contributed by atoms with van der Waals surface area (Å²) in [5.41, 5.74) is 5.54. The Balaban J connectivity index is 2.62. The van der Waals surface area contributed by atoms with E-state index < -0.39 is 10.0 Å². The molecule has 0 atom stereocenters. The largest absolute Gasteiger partial charge is 0.370 e. The Hall–Kier alpha value is -1.61. The Morgan fingerprint density at radius 2 is 1.89 bits per heavy atom. The van der Waals surface area contributed by atoms with Gasteiger partial charge >= 0.3 is 0 Å². The maximum atomic E-state index is 11.2. The molecule has 0 saturated heterocycles. The maximum Gasteiger partial charge on any atom is 0.223 e. The van der Waals surface area contributed by atoms with Crippen LogP contribution in [0.2, 0.25) is 0 Å². The molecule has 0 unspecified atom stereocenters. The van der Waals surface area contributed by atoms with Crippen LogP contribution in [0.3, 0.4) is 0 Å². The first kappa shape index (κ1) is 14.5. The summed E-state index contributed by atoms with van der Waals surface area (Å²) in [5, 5.41) is 5.89. The van der Waals surface area contributed by atoms with Gasteiger partial charge in [0.1, 0.15) is 11.6 Å². The molecule has 0 aromatic carbocycles. The monoisotopic (exact) mass is 274 g/mol. The van der Waals surface area contributed by atoms with E-state index >= 15 is 0 Å². The molecule has 0 amide bonds. The number of hydrogen-bond donors (Lipinski definition) is 4. The van der Waals surface area contributed by atoms with Gasteiger partial charge in [0.25, 0.3) is 0 Å². The smallest absolute Gasteiger partial charge is 0.223 e. The number of rotatable bonds is 7. The van der Waals surface area contributed by atoms with Crippen LogP contribution < -0.4 is 21.1 Å². The summed E-state index contributed by atoms with van der Waals surface area (Å²) in [6.45, 7) is 2.89. The second-order valence-electron chi connectivity index (χ2n) is 3.48. The lowest BCUT2D eigenvalue weighted by Gasteiger charge is -2.09. The Morgan fingerprint density at radius 3 is 2.44 bits per heavy atom. The van der Waals surface area contributed by atoms with Gasteiger partial charge in [0.05, 0.1) is 5.75 Å². The number of nitrogen functional groups attached to an aromatic ring is 1. The van der Waals surface area contributed by atoms with Gasteiger partial charge < -0.3 is 16.4 Å². The van der Waals surface area contributed by atoms with Gasteiger partial charge in [0, 0.05) is 19.2 Å². The van der Waals surface area contributed by atoms with Crippen LogP contribution >= 0.6 is 0 Å². The molecule has 1 aromatic heterocycles. The molecule has 0 spiro atoms. The minimum atomic E-state index is -3.22. The highest BCUT2D eigenvalue weighted by molar-refractivity contribution is 7.89. The SMILES string of the molecule is CCNc1cc(NCCS(=O)(=O)NC)nc(N)n1. The lowest BCUT2D eigenvalue weighted by Crippen LogP contribution is -2.26. The van der Waals surface area contributed by atoms with Gasteiger partial charge in [-0.05, 0) is 14.0 Å². The number of aromatic nitrogens is 2. The van der Waals surface area contributed by atoms with Crippen LogP contribution in [-0.2, 0) is 10.0 Å². The predicted molar refractivity (Wildman–Crippen MR) is 71.9 cm³/mol. The van der Waals surface area contributed by atoms with Crippen LogP contribution in [-0.4, -0.2) is 44.3 Å². The third kappa shape index (κ3) is 4.72. The fourth-order valence-corrected chi connectivity index (χ4v) is 1.82. The molecule has 1 aromatic rings. The molecule has 0 saturated carbocycles. The van der Waals surface area contributed by atoms with Gasteiger partial charge in [-0.2, -0.15) is 9.97 Å². The highest BCUT2D eigenvalue weighted by atomic mass is 32.2. The summed E-state index contributed by atoms with van der Waals surface area (Å²) in [5.74, 6) is 1.19. The summed E-state index contributed by atoms with van der Waals surface area (Å²) in [6.07, 6.45) is 0. The topological polar surface area (TPSA) is 122 Å². The second kappa shape index (κ2) is 6.36. The number of hydrogen-bond acceptors (Lipinski definition) is 7. The molecule has 9 heteroatoms. The van der Waals surface area contributed by atoms with Gasteiger partial charge in [-0.25, -0.2) is 13.1 Å². The lowest BCUT2D eigenvalue weighted by atomic mass is 10.5. The molecule has 0 radical (unpaired) electrons. The van der Waals surface area contributed by atoms with Crippen LogP contribution in [0.4, 0.5) is 17.6 Å². The first-order valence-corrected chi connectivity index (χ1v) is 7.15. The summed E-state index contributed by atoms with van der Waals surface area (Å²) >= 11 is 0. The van der Waals surface area contributed by atoms with E-state index in [0.717, 1.165) is 0 Å². The Kier molecular flexibility index (Phi) is 5.10. The van der Waals surface area contributed by atoms with E-state index in [0.29, 0.717) is 18.2 Å². The van der Waals surface area contributed by atoms with Crippen molar-refractivity contribution in [1.29, 1.82) is 0 Å². The first-order chi connectivity index (χ1) is 8.46. The Labute approximate surface area is 106 Å². The first-order valence-electron chi connectivity index (χ1n) is 5.50. The summed E-state index contributed by atoms with van der Waals surface area (Å²) in [6, 6.07) is 1.67. The summed E-state index contributed by atoms with van der Waals surface area (Å²) < 4.78 is 24.6. The van der Waals surface area contributed by atoms with Crippen molar-refractivity contribution in [2.24, 2.45) is 0 Å².